The summed E-state index contributed by atoms with van der Waals surface area (Å²) >= 11 is 0. The van der Waals surface area contributed by atoms with E-state index in [1.165, 1.54) is 0 Å². The number of aromatic nitrogens is 2. The van der Waals surface area contributed by atoms with Gasteiger partial charge in [-0.25, -0.2) is 9.97 Å². The van der Waals surface area contributed by atoms with Crippen LogP contribution in [0.25, 0.3) is 0 Å². The molecule has 0 aliphatic heterocycles. The molecule has 2 aromatic rings. The Bertz CT molecular complexity index is 646. The van der Waals surface area contributed by atoms with Gasteiger partial charge < -0.3 is 15.0 Å². The summed E-state index contributed by atoms with van der Waals surface area (Å²) in [7, 11) is 1.59. The number of nitrogens with zero attached hydrogens (tertiary/aromatic N) is 3. The van der Waals surface area contributed by atoms with E-state index in [4.69, 9.17) is 4.74 Å². The number of anilines is 2. The molecule has 22 heavy (non-hydrogen) atoms. The summed E-state index contributed by atoms with van der Waals surface area (Å²) in [6.07, 6.45) is 1.69. The first kappa shape index (κ1) is 15.8. The first-order valence-corrected chi connectivity index (χ1v) is 7.11. The Hall–Kier alpha value is -2.63. The molecule has 1 aromatic carbocycles. The van der Waals surface area contributed by atoms with Crippen molar-refractivity contribution in [3.05, 3.63) is 42.4 Å². The maximum absolute atomic E-state index is 12.2. The molecule has 6 nitrogen and oxygen atoms in total. The molecule has 0 aliphatic carbocycles. The molecule has 1 N–H and O–H groups in total. The van der Waals surface area contributed by atoms with Crippen LogP contribution in [0.15, 0.2) is 36.5 Å². The quantitative estimate of drug-likeness (QED) is 0.886. The van der Waals surface area contributed by atoms with Crippen molar-refractivity contribution in [2.45, 2.75) is 13.8 Å². The standard InChI is InChI=1S/C16H20N4O2/c1-4-20(15-8-9-17-12(2)18-15)11-16(21)19-13-6-5-7-14(10-13)22-3/h5-10H,4,11H2,1-3H3,(H,19,21). The summed E-state index contributed by atoms with van der Waals surface area (Å²) in [6.45, 7) is 4.72. The van der Waals surface area contributed by atoms with Crippen LogP contribution in [0, 0.1) is 6.92 Å². The van der Waals surface area contributed by atoms with Gasteiger partial charge in [0.05, 0.1) is 13.7 Å². The first-order chi connectivity index (χ1) is 10.6. The van der Waals surface area contributed by atoms with Gasteiger partial charge in [-0.2, -0.15) is 0 Å². The first-order valence-electron chi connectivity index (χ1n) is 7.11. The zero-order valence-corrected chi connectivity index (χ0v) is 13.0. The zero-order chi connectivity index (χ0) is 15.9. The van der Waals surface area contributed by atoms with E-state index in [1.54, 1.807) is 25.4 Å². The highest BCUT2D eigenvalue weighted by Crippen LogP contribution is 2.17. The van der Waals surface area contributed by atoms with Crippen LogP contribution in [0.4, 0.5) is 11.5 Å². The molecule has 0 bridgehead atoms. The molecule has 0 fully saturated rings. The number of likely N-dealkylation sites (N-methyl/N-ethyl adjacent to an activating group) is 1. The number of methoxy groups -OCH3 is 1. The maximum Gasteiger partial charge on any atom is 0.243 e. The summed E-state index contributed by atoms with van der Waals surface area (Å²) in [4.78, 5) is 22.5. The fraction of sp³-hybridized carbons (Fsp3) is 0.312. The lowest BCUT2D eigenvalue weighted by Gasteiger charge is -2.21. The third-order valence-electron chi connectivity index (χ3n) is 3.16. The Balaban J connectivity index is 2.03. The summed E-state index contributed by atoms with van der Waals surface area (Å²) in [6, 6.07) is 9.07. The molecule has 0 spiro atoms. The highest BCUT2D eigenvalue weighted by Gasteiger charge is 2.12. The minimum Gasteiger partial charge on any atom is -0.497 e. The highest BCUT2D eigenvalue weighted by molar-refractivity contribution is 5.94. The predicted octanol–water partition coefficient (Wildman–Crippen LogP) is 2.26. The lowest BCUT2D eigenvalue weighted by molar-refractivity contribution is -0.115. The number of rotatable bonds is 6. The average molecular weight is 300 g/mol. The predicted molar refractivity (Wildman–Crippen MR) is 86.3 cm³/mol. The van der Waals surface area contributed by atoms with E-state index in [2.05, 4.69) is 15.3 Å². The minimum absolute atomic E-state index is 0.105. The van der Waals surface area contributed by atoms with E-state index in [0.717, 1.165) is 5.82 Å². The molecule has 2 rings (SSSR count). The number of ether oxygens (including phenoxy) is 1. The van der Waals surface area contributed by atoms with Crippen LogP contribution in [0.5, 0.6) is 5.75 Å². The zero-order valence-electron chi connectivity index (χ0n) is 13.0. The SMILES string of the molecule is CCN(CC(=O)Nc1cccc(OC)c1)c1ccnc(C)n1. The summed E-state index contributed by atoms with van der Waals surface area (Å²) in [5.74, 6) is 2.03. The molecule has 0 saturated carbocycles. The fourth-order valence-electron chi connectivity index (χ4n) is 2.05. The second-order valence-corrected chi connectivity index (χ2v) is 4.76. The van der Waals surface area contributed by atoms with Crippen LogP contribution in [-0.4, -0.2) is 36.1 Å². The Morgan fingerprint density at radius 3 is 2.86 bits per heavy atom. The third-order valence-corrected chi connectivity index (χ3v) is 3.16. The van der Waals surface area contributed by atoms with Crippen molar-refractivity contribution in [3.63, 3.8) is 0 Å². The van der Waals surface area contributed by atoms with Crippen molar-refractivity contribution in [2.75, 3.05) is 30.4 Å². The Kier molecular flexibility index (Phi) is 5.30. The van der Waals surface area contributed by atoms with Crippen molar-refractivity contribution in [2.24, 2.45) is 0 Å². The number of hydrogen-bond donors (Lipinski definition) is 1. The number of nitrogens with one attached hydrogen (secondary N) is 1. The molecule has 0 atom stereocenters. The Morgan fingerprint density at radius 1 is 1.36 bits per heavy atom. The van der Waals surface area contributed by atoms with Gasteiger partial charge in [0.2, 0.25) is 5.91 Å². The molecule has 0 radical (unpaired) electrons. The molecule has 0 aliphatic rings. The lowest BCUT2D eigenvalue weighted by Crippen LogP contribution is -2.33. The van der Waals surface area contributed by atoms with Gasteiger partial charge in [0, 0.05) is 24.5 Å². The second-order valence-electron chi connectivity index (χ2n) is 4.76. The normalized spacial score (nSPS) is 10.1. The van der Waals surface area contributed by atoms with E-state index >= 15 is 0 Å². The largest absolute Gasteiger partial charge is 0.497 e. The van der Waals surface area contributed by atoms with E-state index < -0.39 is 0 Å². The van der Waals surface area contributed by atoms with Crippen molar-refractivity contribution < 1.29 is 9.53 Å². The number of amides is 1. The van der Waals surface area contributed by atoms with Gasteiger partial charge in [-0.3, -0.25) is 4.79 Å². The fourth-order valence-corrected chi connectivity index (χ4v) is 2.05. The van der Waals surface area contributed by atoms with Crippen LogP contribution >= 0.6 is 0 Å². The molecular weight excluding hydrogens is 280 g/mol. The smallest absolute Gasteiger partial charge is 0.243 e. The van der Waals surface area contributed by atoms with Crippen molar-refractivity contribution >= 4 is 17.4 Å². The molecule has 116 valence electrons. The van der Waals surface area contributed by atoms with Crippen LogP contribution in [0.1, 0.15) is 12.7 Å². The minimum atomic E-state index is -0.105. The molecule has 1 aromatic heterocycles. The van der Waals surface area contributed by atoms with Crippen molar-refractivity contribution in [1.82, 2.24) is 9.97 Å². The van der Waals surface area contributed by atoms with Gasteiger partial charge in [0.1, 0.15) is 17.4 Å². The topological polar surface area (TPSA) is 67.4 Å². The Labute approximate surface area is 130 Å². The van der Waals surface area contributed by atoms with E-state index in [1.807, 2.05) is 36.9 Å². The number of benzene rings is 1. The number of aryl methyl sites for hydroxylation is 1. The lowest BCUT2D eigenvalue weighted by atomic mass is 10.3. The molecular formula is C16H20N4O2. The summed E-state index contributed by atoms with van der Waals surface area (Å²) < 4.78 is 5.14. The number of carbonyl (C=O) groups is 1. The van der Waals surface area contributed by atoms with Gasteiger partial charge in [-0.1, -0.05) is 6.07 Å². The van der Waals surface area contributed by atoms with Crippen LogP contribution in [0.2, 0.25) is 0 Å². The molecule has 1 heterocycles. The monoisotopic (exact) mass is 300 g/mol. The average Bonchev–Trinajstić information content (AvgIpc) is 2.52. The molecule has 6 heteroatoms. The van der Waals surface area contributed by atoms with Gasteiger partial charge in [-0.05, 0) is 32.0 Å². The van der Waals surface area contributed by atoms with E-state index in [0.29, 0.717) is 23.8 Å². The number of hydrogen-bond acceptors (Lipinski definition) is 5. The maximum atomic E-state index is 12.2. The van der Waals surface area contributed by atoms with Crippen molar-refractivity contribution in [3.8, 4) is 5.75 Å². The Morgan fingerprint density at radius 2 is 2.18 bits per heavy atom. The summed E-state index contributed by atoms with van der Waals surface area (Å²) in [5, 5.41) is 2.86. The van der Waals surface area contributed by atoms with Crippen LogP contribution in [0.3, 0.4) is 0 Å². The molecule has 0 unspecified atom stereocenters. The van der Waals surface area contributed by atoms with E-state index in [9.17, 15) is 4.79 Å². The van der Waals surface area contributed by atoms with Gasteiger partial charge >= 0.3 is 0 Å². The van der Waals surface area contributed by atoms with Gasteiger partial charge in [0.25, 0.3) is 0 Å². The van der Waals surface area contributed by atoms with Gasteiger partial charge in [-0.15, -0.1) is 0 Å². The van der Waals surface area contributed by atoms with E-state index in [-0.39, 0.29) is 12.5 Å². The summed E-state index contributed by atoms with van der Waals surface area (Å²) in [5.41, 5.74) is 0.708. The number of carbonyl (C=O) groups excluding carboxylic acids is 1. The van der Waals surface area contributed by atoms with Crippen LogP contribution < -0.4 is 15.0 Å². The molecule has 0 saturated heterocycles. The third kappa shape index (κ3) is 4.18. The second kappa shape index (κ2) is 7.40. The molecule has 1 amide bonds. The van der Waals surface area contributed by atoms with Crippen molar-refractivity contribution in [1.29, 1.82) is 0 Å². The van der Waals surface area contributed by atoms with Crippen LogP contribution in [-0.2, 0) is 4.79 Å². The highest BCUT2D eigenvalue weighted by atomic mass is 16.5. The van der Waals surface area contributed by atoms with Gasteiger partial charge in [0.15, 0.2) is 0 Å².